The summed E-state index contributed by atoms with van der Waals surface area (Å²) in [5.74, 6) is -0.986. The molecule has 2 fully saturated rings. The van der Waals surface area contributed by atoms with Crippen LogP contribution in [0.15, 0.2) is 18.3 Å². The summed E-state index contributed by atoms with van der Waals surface area (Å²) < 4.78 is 0. The second-order valence-corrected chi connectivity index (χ2v) is 9.80. The number of nitrogens with zero attached hydrogens (tertiary/aromatic N) is 3. The SMILES string of the molecule is CCCN(CCCCc1ccc(C(=O)NC2CCC(=O)NC2=O)nc1)CCC(=O)N1CCC(N)CC1. The van der Waals surface area contributed by atoms with Gasteiger partial charge in [-0.1, -0.05) is 13.0 Å². The fourth-order valence-corrected chi connectivity index (χ4v) is 4.65. The van der Waals surface area contributed by atoms with Crippen LogP contribution in [0.3, 0.4) is 0 Å². The molecule has 2 aliphatic rings. The Morgan fingerprint density at radius 1 is 1.14 bits per heavy atom. The zero-order chi connectivity index (χ0) is 25.9. The molecular formula is C26H40N6O4. The number of hydrogen-bond acceptors (Lipinski definition) is 7. The first-order chi connectivity index (χ1) is 17.4. The predicted molar refractivity (Wildman–Crippen MR) is 136 cm³/mol. The highest BCUT2D eigenvalue weighted by Crippen LogP contribution is 2.11. The highest BCUT2D eigenvalue weighted by Gasteiger charge is 2.28. The minimum atomic E-state index is -0.712. The first-order valence-electron chi connectivity index (χ1n) is 13.2. The van der Waals surface area contributed by atoms with Crippen molar-refractivity contribution in [1.29, 1.82) is 0 Å². The minimum Gasteiger partial charge on any atom is -0.343 e. The van der Waals surface area contributed by atoms with E-state index in [-0.39, 0.29) is 30.0 Å². The fraction of sp³-hybridized carbons (Fsp3) is 0.654. The van der Waals surface area contributed by atoms with Crippen LogP contribution >= 0.6 is 0 Å². The smallest absolute Gasteiger partial charge is 0.270 e. The average Bonchev–Trinajstić information content (AvgIpc) is 2.87. The quantitative estimate of drug-likeness (QED) is 0.287. The van der Waals surface area contributed by atoms with E-state index in [4.69, 9.17) is 5.73 Å². The van der Waals surface area contributed by atoms with Crippen LogP contribution in [-0.4, -0.2) is 83.2 Å². The number of likely N-dealkylation sites (tertiary alicyclic amines) is 1. The van der Waals surface area contributed by atoms with E-state index in [2.05, 4.69) is 27.4 Å². The van der Waals surface area contributed by atoms with E-state index in [1.165, 1.54) is 0 Å². The molecular weight excluding hydrogens is 460 g/mol. The number of carbonyl (C=O) groups excluding carboxylic acids is 4. The Labute approximate surface area is 213 Å². The number of aryl methyl sites for hydroxylation is 1. The molecule has 198 valence electrons. The van der Waals surface area contributed by atoms with Crippen LogP contribution in [0.1, 0.15) is 74.3 Å². The number of aromatic nitrogens is 1. The van der Waals surface area contributed by atoms with Crippen molar-refractivity contribution in [3.63, 3.8) is 0 Å². The Kier molecular flexibility index (Phi) is 10.8. The second kappa shape index (κ2) is 14.0. The highest BCUT2D eigenvalue weighted by atomic mass is 16.2. The molecule has 2 aliphatic heterocycles. The van der Waals surface area contributed by atoms with E-state index < -0.39 is 17.9 Å². The normalized spacial score (nSPS) is 18.9. The predicted octanol–water partition coefficient (Wildman–Crippen LogP) is 0.991. The molecule has 0 saturated carbocycles. The fourth-order valence-electron chi connectivity index (χ4n) is 4.65. The van der Waals surface area contributed by atoms with E-state index in [1.807, 2.05) is 11.0 Å². The van der Waals surface area contributed by atoms with Gasteiger partial charge < -0.3 is 20.9 Å². The monoisotopic (exact) mass is 500 g/mol. The molecule has 10 heteroatoms. The molecule has 0 spiro atoms. The van der Waals surface area contributed by atoms with E-state index in [9.17, 15) is 19.2 Å². The zero-order valence-corrected chi connectivity index (χ0v) is 21.3. The van der Waals surface area contributed by atoms with Crippen LogP contribution in [0.4, 0.5) is 0 Å². The summed E-state index contributed by atoms with van der Waals surface area (Å²) in [6.45, 7) is 6.43. The third-order valence-electron chi connectivity index (χ3n) is 6.87. The summed E-state index contributed by atoms with van der Waals surface area (Å²) in [6.07, 6.45) is 8.47. The summed E-state index contributed by atoms with van der Waals surface area (Å²) in [6, 6.07) is 3.07. The van der Waals surface area contributed by atoms with Crippen LogP contribution in [0.25, 0.3) is 0 Å². The minimum absolute atomic E-state index is 0.211. The molecule has 0 aromatic carbocycles. The topological polar surface area (TPSA) is 138 Å². The Bertz CT molecular complexity index is 898. The summed E-state index contributed by atoms with van der Waals surface area (Å²) in [5, 5.41) is 4.87. The van der Waals surface area contributed by atoms with Crippen LogP contribution in [0.2, 0.25) is 0 Å². The summed E-state index contributed by atoms with van der Waals surface area (Å²) in [7, 11) is 0. The van der Waals surface area contributed by atoms with Crippen molar-refractivity contribution in [2.45, 2.75) is 76.8 Å². The molecule has 0 bridgehead atoms. The van der Waals surface area contributed by atoms with Crippen molar-refractivity contribution in [3.8, 4) is 0 Å². The lowest BCUT2D eigenvalue weighted by Crippen LogP contribution is -2.52. The molecule has 1 aromatic heterocycles. The number of unbranched alkanes of at least 4 members (excludes halogenated alkanes) is 1. The number of carbonyl (C=O) groups is 4. The van der Waals surface area contributed by atoms with Crippen LogP contribution < -0.4 is 16.4 Å². The molecule has 4 N–H and O–H groups in total. The van der Waals surface area contributed by atoms with Crippen LogP contribution in [0, 0.1) is 0 Å². The largest absolute Gasteiger partial charge is 0.343 e. The first-order valence-corrected chi connectivity index (χ1v) is 13.2. The number of pyridine rings is 1. The number of imide groups is 1. The highest BCUT2D eigenvalue weighted by molar-refractivity contribution is 6.03. The number of hydrogen-bond donors (Lipinski definition) is 3. The van der Waals surface area contributed by atoms with Crippen molar-refractivity contribution in [2.24, 2.45) is 5.73 Å². The lowest BCUT2D eigenvalue weighted by atomic mass is 10.1. The standard InChI is InChI=1S/C26H40N6O4/c1-2-13-31(15-12-24(34)32-16-10-20(27)11-17-32)14-4-3-5-19-6-7-21(28-18-19)25(35)29-22-8-9-23(33)30-26(22)36/h6-7,18,20,22H,2-5,8-17,27H2,1H3,(H,29,35)(H,30,33,36). The van der Waals surface area contributed by atoms with E-state index in [1.54, 1.807) is 12.3 Å². The lowest BCUT2D eigenvalue weighted by molar-refractivity contribution is -0.135. The van der Waals surface area contributed by atoms with Gasteiger partial charge in [-0.25, -0.2) is 0 Å². The van der Waals surface area contributed by atoms with Gasteiger partial charge in [-0.15, -0.1) is 0 Å². The zero-order valence-electron chi connectivity index (χ0n) is 21.3. The Balaban J connectivity index is 1.36. The Hall–Kier alpha value is -2.85. The molecule has 3 rings (SSSR count). The summed E-state index contributed by atoms with van der Waals surface area (Å²) in [5.41, 5.74) is 7.24. The van der Waals surface area contributed by atoms with Gasteiger partial charge in [0, 0.05) is 44.7 Å². The summed E-state index contributed by atoms with van der Waals surface area (Å²) >= 11 is 0. The van der Waals surface area contributed by atoms with Gasteiger partial charge >= 0.3 is 0 Å². The third-order valence-corrected chi connectivity index (χ3v) is 6.87. The lowest BCUT2D eigenvalue weighted by Gasteiger charge is -2.31. The van der Waals surface area contributed by atoms with E-state index in [0.717, 1.165) is 76.8 Å². The van der Waals surface area contributed by atoms with Gasteiger partial charge in [0.2, 0.25) is 17.7 Å². The van der Waals surface area contributed by atoms with Crippen molar-refractivity contribution in [1.82, 2.24) is 25.4 Å². The molecule has 1 atom stereocenters. The Morgan fingerprint density at radius 3 is 2.58 bits per heavy atom. The average molecular weight is 501 g/mol. The molecule has 3 heterocycles. The van der Waals surface area contributed by atoms with Gasteiger partial charge in [-0.05, 0) is 69.7 Å². The van der Waals surface area contributed by atoms with Crippen molar-refractivity contribution in [3.05, 3.63) is 29.6 Å². The summed E-state index contributed by atoms with van der Waals surface area (Å²) in [4.78, 5) is 56.6. The van der Waals surface area contributed by atoms with Gasteiger partial charge in [0.25, 0.3) is 5.91 Å². The maximum absolute atomic E-state index is 12.5. The van der Waals surface area contributed by atoms with Gasteiger partial charge in [-0.2, -0.15) is 0 Å². The van der Waals surface area contributed by atoms with Gasteiger partial charge in [0.1, 0.15) is 11.7 Å². The molecule has 1 unspecified atom stereocenters. The molecule has 1 aromatic rings. The van der Waals surface area contributed by atoms with Crippen molar-refractivity contribution < 1.29 is 19.2 Å². The number of nitrogens with two attached hydrogens (primary N) is 1. The van der Waals surface area contributed by atoms with Crippen molar-refractivity contribution >= 4 is 23.6 Å². The molecule has 36 heavy (non-hydrogen) atoms. The number of piperidine rings is 2. The molecule has 10 nitrogen and oxygen atoms in total. The van der Waals surface area contributed by atoms with Crippen LogP contribution in [-0.2, 0) is 20.8 Å². The number of amides is 4. The van der Waals surface area contributed by atoms with Gasteiger partial charge in [0.15, 0.2) is 0 Å². The molecule has 0 radical (unpaired) electrons. The molecule has 0 aliphatic carbocycles. The molecule has 4 amide bonds. The third kappa shape index (κ3) is 8.67. The van der Waals surface area contributed by atoms with Crippen molar-refractivity contribution in [2.75, 3.05) is 32.7 Å². The second-order valence-electron chi connectivity index (χ2n) is 9.80. The van der Waals surface area contributed by atoms with Gasteiger partial charge in [-0.3, -0.25) is 29.5 Å². The van der Waals surface area contributed by atoms with Crippen LogP contribution in [0.5, 0.6) is 0 Å². The Morgan fingerprint density at radius 2 is 1.92 bits per heavy atom. The van der Waals surface area contributed by atoms with E-state index >= 15 is 0 Å². The van der Waals surface area contributed by atoms with Gasteiger partial charge in [0.05, 0.1) is 0 Å². The number of nitrogens with one attached hydrogen (secondary N) is 2. The maximum atomic E-state index is 12.5. The maximum Gasteiger partial charge on any atom is 0.270 e. The molecule has 2 saturated heterocycles. The van der Waals surface area contributed by atoms with E-state index in [0.29, 0.717) is 12.8 Å². The number of rotatable bonds is 12. The first kappa shape index (κ1) is 27.7.